The Bertz CT molecular complexity index is 279. The summed E-state index contributed by atoms with van der Waals surface area (Å²) in [6.07, 6.45) is 8.54. The van der Waals surface area contributed by atoms with Crippen molar-refractivity contribution in [3.63, 3.8) is 0 Å². The van der Waals surface area contributed by atoms with Crippen molar-refractivity contribution in [1.82, 2.24) is 4.90 Å². The number of nitrogens with zero attached hydrogens (tertiary/aromatic N) is 1. The van der Waals surface area contributed by atoms with Gasteiger partial charge in [-0.15, -0.1) is 0 Å². The van der Waals surface area contributed by atoms with E-state index in [4.69, 9.17) is 10.8 Å². The van der Waals surface area contributed by atoms with Gasteiger partial charge in [-0.2, -0.15) is 0 Å². The maximum atomic E-state index is 12.3. The van der Waals surface area contributed by atoms with Crippen LogP contribution in [-0.4, -0.2) is 41.1 Å². The van der Waals surface area contributed by atoms with Crippen LogP contribution in [0.5, 0.6) is 0 Å². The van der Waals surface area contributed by atoms with Gasteiger partial charge in [-0.25, -0.2) is 0 Å². The topological polar surface area (TPSA) is 66.6 Å². The van der Waals surface area contributed by atoms with E-state index in [0.717, 1.165) is 25.7 Å². The second kappa shape index (κ2) is 6.53. The second-order valence-corrected chi connectivity index (χ2v) is 5.81. The molecule has 0 aliphatic heterocycles. The predicted octanol–water partition coefficient (Wildman–Crippen LogP) is 1.27. The Labute approximate surface area is 110 Å². The van der Waals surface area contributed by atoms with Gasteiger partial charge in [-0.05, 0) is 38.0 Å². The number of amides is 1. The molecule has 2 rings (SSSR count). The standard InChI is InChI=1S/C14H26N2O2/c15-13-7-2-1-4-11(13)10-14(18)16(8-9-17)12-5-3-6-12/h11-13,17H,1-10,15H2. The fraction of sp³-hybridized carbons (Fsp3) is 0.929. The fourth-order valence-electron chi connectivity index (χ4n) is 3.15. The molecular formula is C14H26N2O2. The summed E-state index contributed by atoms with van der Waals surface area (Å²) in [6.45, 7) is 0.560. The number of aliphatic hydroxyl groups is 1. The average Bonchev–Trinajstić information content (AvgIpc) is 2.29. The highest BCUT2D eigenvalue weighted by Gasteiger charge is 2.31. The molecule has 1 amide bonds. The van der Waals surface area contributed by atoms with Crippen molar-refractivity contribution in [3.8, 4) is 0 Å². The lowest BCUT2D eigenvalue weighted by Crippen LogP contribution is -2.47. The lowest BCUT2D eigenvalue weighted by atomic mass is 9.82. The van der Waals surface area contributed by atoms with Crippen LogP contribution in [0.3, 0.4) is 0 Å². The van der Waals surface area contributed by atoms with Crippen LogP contribution in [0.4, 0.5) is 0 Å². The molecule has 18 heavy (non-hydrogen) atoms. The average molecular weight is 254 g/mol. The first-order valence-corrected chi connectivity index (χ1v) is 7.38. The third-order valence-corrected chi connectivity index (χ3v) is 4.58. The molecule has 2 fully saturated rings. The van der Waals surface area contributed by atoms with Crippen LogP contribution >= 0.6 is 0 Å². The van der Waals surface area contributed by atoms with Crippen molar-refractivity contribution in [2.24, 2.45) is 11.7 Å². The van der Waals surface area contributed by atoms with Gasteiger partial charge in [0.2, 0.25) is 5.91 Å². The number of carbonyl (C=O) groups excluding carboxylic acids is 1. The summed E-state index contributed by atoms with van der Waals surface area (Å²) in [4.78, 5) is 14.2. The summed E-state index contributed by atoms with van der Waals surface area (Å²) in [5.41, 5.74) is 6.10. The van der Waals surface area contributed by atoms with Gasteiger partial charge in [0, 0.05) is 25.0 Å². The Kier molecular flexibility index (Phi) is 5.01. The summed E-state index contributed by atoms with van der Waals surface area (Å²) in [5.74, 6) is 0.559. The minimum absolute atomic E-state index is 0.0684. The monoisotopic (exact) mass is 254 g/mol. The summed E-state index contributed by atoms with van der Waals surface area (Å²) in [5, 5.41) is 9.09. The summed E-state index contributed by atoms with van der Waals surface area (Å²) in [6, 6.07) is 0.574. The third kappa shape index (κ3) is 3.23. The van der Waals surface area contributed by atoms with Crippen LogP contribution in [0.1, 0.15) is 51.4 Å². The lowest BCUT2D eigenvalue weighted by molar-refractivity contribution is -0.137. The molecule has 2 atom stereocenters. The Balaban J connectivity index is 1.87. The normalized spacial score (nSPS) is 28.8. The Morgan fingerprint density at radius 2 is 1.89 bits per heavy atom. The van der Waals surface area contributed by atoms with Crippen LogP contribution in [-0.2, 0) is 4.79 Å². The molecule has 0 radical (unpaired) electrons. The SMILES string of the molecule is NC1CCCCC1CC(=O)N(CCO)C1CCC1. The van der Waals surface area contributed by atoms with Crippen LogP contribution in [0, 0.1) is 5.92 Å². The van der Waals surface area contributed by atoms with Crippen LogP contribution < -0.4 is 5.73 Å². The molecule has 104 valence electrons. The Hall–Kier alpha value is -0.610. The molecule has 0 aromatic heterocycles. The third-order valence-electron chi connectivity index (χ3n) is 4.58. The van der Waals surface area contributed by atoms with Crippen molar-refractivity contribution in [2.45, 2.75) is 63.5 Å². The molecule has 2 aliphatic carbocycles. The molecule has 4 heteroatoms. The molecule has 4 nitrogen and oxygen atoms in total. The highest BCUT2D eigenvalue weighted by atomic mass is 16.3. The number of hydrogen-bond acceptors (Lipinski definition) is 3. The van der Waals surface area contributed by atoms with Crippen LogP contribution in [0.25, 0.3) is 0 Å². The van der Waals surface area contributed by atoms with Gasteiger partial charge in [0.05, 0.1) is 6.61 Å². The minimum Gasteiger partial charge on any atom is -0.395 e. The zero-order chi connectivity index (χ0) is 13.0. The van der Waals surface area contributed by atoms with Crippen molar-refractivity contribution in [3.05, 3.63) is 0 Å². The van der Waals surface area contributed by atoms with Crippen LogP contribution in [0.2, 0.25) is 0 Å². The van der Waals surface area contributed by atoms with E-state index in [1.54, 1.807) is 0 Å². The number of aliphatic hydroxyl groups excluding tert-OH is 1. The zero-order valence-corrected chi connectivity index (χ0v) is 11.2. The van der Waals surface area contributed by atoms with E-state index in [1.807, 2.05) is 4.90 Å². The summed E-state index contributed by atoms with van der Waals surface area (Å²) >= 11 is 0. The largest absolute Gasteiger partial charge is 0.395 e. The highest BCUT2D eigenvalue weighted by Crippen LogP contribution is 2.29. The van der Waals surface area contributed by atoms with Crippen molar-refractivity contribution >= 4 is 5.91 Å². The van der Waals surface area contributed by atoms with Crippen molar-refractivity contribution in [1.29, 1.82) is 0 Å². The van der Waals surface area contributed by atoms with Gasteiger partial charge < -0.3 is 15.7 Å². The lowest BCUT2D eigenvalue weighted by Gasteiger charge is -2.39. The molecule has 2 unspecified atom stereocenters. The van der Waals surface area contributed by atoms with E-state index < -0.39 is 0 Å². The van der Waals surface area contributed by atoms with Crippen molar-refractivity contribution in [2.75, 3.05) is 13.2 Å². The predicted molar refractivity (Wildman–Crippen MR) is 71.0 cm³/mol. The highest BCUT2D eigenvalue weighted by molar-refractivity contribution is 5.77. The molecule has 0 aromatic rings. The minimum atomic E-state index is 0.0684. The molecule has 3 N–H and O–H groups in total. The maximum absolute atomic E-state index is 12.3. The van der Waals surface area contributed by atoms with E-state index in [0.29, 0.717) is 24.9 Å². The molecule has 0 heterocycles. The smallest absolute Gasteiger partial charge is 0.223 e. The van der Waals surface area contributed by atoms with Gasteiger partial charge in [-0.1, -0.05) is 12.8 Å². The Morgan fingerprint density at radius 1 is 1.17 bits per heavy atom. The van der Waals surface area contributed by atoms with Crippen molar-refractivity contribution < 1.29 is 9.90 Å². The van der Waals surface area contributed by atoms with Gasteiger partial charge >= 0.3 is 0 Å². The summed E-state index contributed by atoms with van der Waals surface area (Å²) < 4.78 is 0. The fourth-order valence-corrected chi connectivity index (χ4v) is 3.15. The van der Waals surface area contributed by atoms with Gasteiger partial charge in [0.1, 0.15) is 0 Å². The maximum Gasteiger partial charge on any atom is 0.223 e. The number of rotatable bonds is 5. The zero-order valence-electron chi connectivity index (χ0n) is 11.2. The molecule has 0 spiro atoms. The molecular weight excluding hydrogens is 228 g/mol. The number of carbonyl (C=O) groups is 1. The molecule has 2 saturated carbocycles. The molecule has 0 aromatic carbocycles. The first-order valence-electron chi connectivity index (χ1n) is 7.38. The quantitative estimate of drug-likeness (QED) is 0.776. The number of hydrogen-bond donors (Lipinski definition) is 2. The van der Waals surface area contributed by atoms with Gasteiger partial charge in [0.15, 0.2) is 0 Å². The van der Waals surface area contributed by atoms with Gasteiger partial charge in [0.25, 0.3) is 0 Å². The van der Waals surface area contributed by atoms with E-state index in [2.05, 4.69) is 0 Å². The number of nitrogens with two attached hydrogens (primary N) is 1. The van der Waals surface area contributed by atoms with E-state index in [9.17, 15) is 4.79 Å². The van der Waals surface area contributed by atoms with E-state index in [1.165, 1.54) is 19.3 Å². The second-order valence-electron chi connectivity index (χ2n) is 5.81. The van der Waals surface area contributed by atoms with Crippen LogP contribution in [0.15, 0.2) is 0 Å². The van der Waals surface area contributed by atoms with E-state index >= 15 is 0 Å². The van der Waals surface area contributed by atoms with Gasteiger partial charge in [-0.3, -0.25) is 4.79 Å². The molecule has 2 aliphatic rings. The molecule has 0 saturated heterocycles. The Morgan fingerprint density at radius 3 is 2.44 bits per heavy atom. The summed E-state index contributed by atoms with van der Waals surface area (Å²) in [7, 11) is 0. The first kappa shape index (κ1) is 13.8. The first-order chi connectivity index (χ1) is 8.72. The molecule has 0 bridgehead atoms. The van der Waals surface area contributed by atoms with E-state index in [-0.39, 0.29) is 18.6 Å².